The zero-order chi connectivity index (χ0) is 17.7. The van der Waals surface area contributed by atoms with Gasteiger partial charge in [-0.1, -0.05) is 0 Å². The zero-order valence-corrected chi connectivity index (χ0v) is 15.1. The third-order valence-corrected chi connectivity index (χ3v) is 6.09. The molecule has 2 rings (SSSR count). The van der Waals surface area contributed by atoms with Crippen molar-refractivity contribution in [2.24, 2.45) is 5.92 Å². The molecule has 2 N–H and O–H groups in total. The number of urea groups is 1. The lowest BCUT2D eigenvalue weighted by molar-refractivity contribution is -0.142. The lowest BCUT2D eigenvalue weighted by atomic mass is 9.86. The molecule has 1 saturated carbocycles. The number of hydrogen-bond acceptors (Lipinski definition) is 4. The van der Waals surface area contributed by atoms with Crippen molar-refractivity contribution < 1.29 is 23.1 Å². The number of rotatable bonds is 5. The fourth-order valence-electron chi connectivity index (χ4n) is 3.66. The maximum atomic E-state index is 12.6. The van der Waals surface area contributed by atoms with Gasteiger partial charge in [-0.15, -0.1) is 0 Å². The monoisotopic (exact) mass is 360 g/mol. The maximum Gasteiger partial charge on any atom is 0.317 e. The Bertz CT molecular complexity index is 555. The molecule has 1 unspecified atom stereocenters. The molecule has 1 saturated heterocycles. The molecule has 8 heteroatoms. The van der Waals surface area contributed by atoms with Crippen LogP contribution >= 0.6 is 0 Å². The van der Waals surface area contributed by atoms with E-state index in [4.69, 9.17) is 5.11 Å². The molecule has 7 nitrogen and oxygen atoms in total. The molecule has 0 spiro atoms. The van der Waals surface area contributed by atoms with Gasteiger partial charge in [-0.2, -0.15) is 0 Å². The molecule has 2 aliphatic rings. The van der Waals surface area contributed by atoms with Crippen LogP contribution in [0.1, 0.15) is 51.4 Å². The van der Waals surface area contributed by atoms with E-state index in [1.165, 1.54) is 6.26 Å². The largest absolute Gasteiger partial charge is 0.481 e. The molecule has 24 heavy (non-hydrogen) atoms. The van der Waals surface area contributed by atoms with Crippen molar-refractivity contribution in [2.75, 3.05) is 18.6 Å². The van der Waals surface area contributed by atoms with E-state index in [2.05, 4.69) is 5.32 Å². The number of aliphatic carboxylic acids is 1. The fraction of sp³-hybridized carbons (Fsp3) is 0.875. The first-order valence-corrected chi connectivity index (χ1v) is 10.8. The first kappa shape index (κ1) is 19.0. The SMILES string of the molecule is CS(=O)(=O)CCC1CCCCN1C(=O)NC1CCC(C(=O)O)CC1. The van der Waals surface area contributed by atoms with Crippen LogP contribution in [0.4, 0.5) is 4.79 Å². The molecular weight excluding hydrogens is 332 g/mol. The Morgan fingerprint density at radius 3 is 2.38 bits per heavy atom. The number of likely N-dealkylation sites (tertiary alicyclic amines) is 1. The zero-order valence-electron chi connectivity index (χ0n) is 14.2. The molecule has 1 aliphatic heterocycles. The van der Waals surface area contributed by atoms with Gasteiger partial charge in [0, 0.05) is 24.9 Å². The third-order valence-electron chi connectivity index (χ3n) is 5.11. The van der Waals surface area contributed by atoms with Crippen molar-refractivity contribution in [2.45, 2.75) is 63.5 Å². The van der Waals surface area contributed by atoms with E-state index in [9.17, 15) is 18.0 Å². The Morgan fingerprint density at radius 1 is 1.12 bits per heavy atom. The minimum absolute atomic E-state index is 0.0191. The van der Waals surface area contributed by atoms with E-state index < -0.39 is 15.8 Å². The summed E-state index contributed by atoms with van der Waals surface area (Å²) in [6.45, 7) is 0.657. The molecule has 0 bridgehead atoms. The van der Waals surface area contributed by atoms with E-state index in [1.54, 1.807) is 4.90 Å². The number of nitrogens with one attached hydrogen (secondary N) is 1. The molecule has 1 atom stereocenters. The van der Waals surface area contributed by atoms with Crippen LogP contribution in [-0.4, -0.2) is 61.1 Å². The number of amides is 2. The quantitative estimate of drug-likeness (QED) is 0.775. The molecular formula is C16H28N2O5S. The van der Waals surface area contributed by atoms with Crippen LogP contribution in [0.15, 0.2) is 0 Å². The summed E-state index contributed by atoms with van der Waals surface area (Å²) in [5.74, 6) is -0.946. The second-order valence-electron chi connectivity index (χ2n) is 7.10. The number of sulfone groups is 1. The van der Waals surface area contributed by atoms with Crippen molar-refractivity contribution in [3.8, 4) is 0 Å². The minimum Gasteiger partial charge on any atom is -0.481 e. The summed E-state index contributed by atoms with van der Waals surface area (Å²) in [6, 6.07) is -0.138. The van der Waals surface area contributed by atoms with Crippen molar-refractivity contribution in [1.82, 2.24) is 10.2 Å². The van der Waals surface area contributed by atoms with Crippen LogP contribution < -0.4 is 5.32 Å². The molecule has 0 aromatic rings. The van der Waals surface area contributed by atoms with Gasteiger partial charge in [0.2, 0.25) is 0 Å². The number of carboxylic acids is 1. The number of carbonyl (C=O) groups is 2. The van der Waals surface area contributed by atoms with E-state index in [0.29, 0.717) is 38.6 Å². The third kappa shape index (κ3) is 5.65. The van der Waals surface area contributed by atoms with Gasteiger partial charge in [0.1, 0.15) is 9.84 Å². The van der Waals surface area contributed by atoms with Gasteiger partial charge in [-0.25, -0.2) is 13.2 Å². The Balaban J connectivity index is 1.86. The van der Waals surface area contributed by atoms with Gasteiger partial charge in [-0.3, -0.25) is 4.79 Å². The second-order valence-corrected chi connectivity index (χ2v) is 9.36. The van der Waals surface area contributed by atoms with Crippen LogP contribution in [0, 0.1) is 5.92 Å². The summed E-state index contributed by atoms with van der Waals surface area (Å²) in [6.07, 6.45) is 7.06. The molecule has 2 amide bonds. The lowest BCUT2D eigenvalue weighted by Crippen LogP contribution is -2.52. The summed E-state index contributed by atoms with van der Waals surface area (Å²) >= 11 is 0. The number of carbonyl (C=O) groups excluding carboxylic acids is 1. The number of hydrogen-bond donors (Lipinski definition) is 2. The van der Waals surface area contributed by atoms with Crippen LogP contribution in [0.2, 0.25) is 0 Å². The summed E-state index contributed by atoms with van der Waals surface area (Å²) in [4.78, 5) is 25.3. The Labute approximate surface area is 143 Å². The lowest BCUT2D eigenvalue weighted by Gasteiger charge is -2.37. The normalized spacial score (nSPS) is 28.4. The highest BCUT2D eigenvalue weighted by atomic mass is 32.2. The highest BCUT2D eigenvalue weighted by Crippen LogP contribution is 2.25. The first-order chi connectivity index (χ1) is 11.3. The molecule has 2 fully saturated rings. The number of carboxylic acid groups (broad SMARTS) is 1. The molecule has 138 valence electrons. The summed E-state index contributed by atoms with van der Waals surface area (Å²) in [7, 11) is -3.03. The Kier molecular flexibility index (Phi) is 6.48. The Morgan fingerprint density at radius 2 is 1.79 bits per heavy atom. The predicted molar refractivity (Wildman–Crippen MR) is 90.6 cm³/mol. The molecule has 0 aromatic heterocycles. The molecule has 1 aliphatic carbocycles. The van der Waals surface area contributed by atoms with Crippen molar-refractivity contribution in [3.63, 3.8) is 0 Å². The number of nitrogens with zero attached hydrogens (tertiary/aromatic N) is 1. The highest BCUT2D eigenvalue weighted by Gasteiger charge is 2.31. The second kappa shape index (κ2) is 8.18. The predicted octanol–water partition coefficient (Wildman–Crippen LogP) is 1.63. The van der Waals surface area contributed by atoms with E-state index in [1.807, 2.05) is 0 Å². The average molecular weight is 360 g/mol. The van der Waals surface area contributed by atoms with Crippen LogP contribution in [0.3, 0.4) is 0 Å². The average Bonchev–Trinajstić information content (AvgIpc) is 2.53. The Hall–Kier alpha value is -1.31. The van der Waals surface area contributed by atoms with Gasteiger partial charge in [0.25, 0.3) is 0 Å². The summed E-state index contributed by atoms with van der Waals surface area (Å²) in [5.41, 5.74) is 0. The van der Waals surface area contributed by atoms with E-state index in [0.717, 1.165) is 19.3 Å². The standard InChI is InChI=1S/C16H28N2O5S/c1-24(22,23)11-9-14-4-2-3-10-18(14)16(21)17-13-7-5-12(6-8-13)15(19)20/h12-14H,2-11H2,1H3,(H,17,21)(H,19,20). The van der Waals surface area contributed by atoms with Crippen LogP contribution in [0.5, 0.6) is 0 Å². The fourth-order valence-corrected chi connectivity index (χ4v) is 4.36. The summed E-state index contributed by atoms with van der Waals surface area (Å²) < 4.78 is 22.8. The van der Waals surface area contributed by atoms with Crippen molar-refractivity contribution in [1.29, 1.82) is 0 Å². The first-order valence-electron chi connectivity index (χ1n) is 8.74. The summed E-state index contributed by atoms with van der Waals surface area (Å²) in [5, 5.41) is 12.0. The van der Waals surface area contributed by atoms with Gasteiger partial charge >= 0.3 is 12.0 Å². The molecule has 1 heterocycles. The van der Waals surface area contributed by atoms with Crippen molar-refractivity contribution in [3.05, 3.63) is 0 Å². The van der Waals surface area contributed by atoms with Crippen LogP contribution in [-0.2, 0) is 14.6 Å². The van der Waals surface area contributed by atoms with E-state index >= 15 is 0 Å². The van der Waals surface area contributed by atoms with Gasteiger partial charge in [0.05, 0.1) is 11.7 Å². The molecule has 0 radical (unpaired) electrons. The smallest absolute Gasteiger partial charge is 0.317 e. The van der Waals surface area contributed by atoms with Gasteiger partial charge in [0.15, 0.2) is 0 Å². The van der Waals surface area contributed by atoms with Gasteiger partial charge in [-0.05, 0) is 51.4 Å². The van der Waals surface area contributed by atoms with Crippen LogP contribution in [0.25, 0.3) is 0 Å². The van der Waals surface area contributed by atoms with Gasteiger partial charge < -0.3 is 15.3 Å². The van der Waals surface area contributed by atoms with E-state index in [-0.39, 0.29) is 29.8 Å². The minimum atomic E-state index is -3.03. The topological polar surface area (TPSA) is 104 Å². The maximum absolute atomic E-state index is 12.6. The number of piperidine rings is 1. The van der Waals surface area contributed by atoms with Crippen molar-refractivity contribution >= 4 is 21.8 Å². The highest BCUT2D eigenvalue weighted by molar-refractivity contribution is 7.90. The molecule has 0 aromatic carbocycles.